The number of ether oxygens (including phenoxy) is 3. The molecular formula is C30H33N3O7S. The molecule has 2 aliphatic heterocycles. The van der Waals surface area contributed by atoms with Crippen molar-refractivity contribution >= 4 is 33.3 Å². The van der Waals surface area contributed by atoms with Crippen molar-refractivity contribution in [1.82, 2.24) is 4.72 Å². The highest BCUT2D eigenvalue weighted by Crippen LogP contribution is 2.35. The number of benzene rings is 3. The number of carbonyl (C=O) groups is 2. The molecular weight excluding hydrogens is 546 g/mol. The maximum absolute atomic E-state index is 13.9. The number of piperidine rings is 1. The van der Waals surface area contributed by atoms with Gasteiger partial charge < -0.3 is 24.4 Å². The van der Waals surface area contributed by atoms with Crippen LogP contribution in [0, 0.1) is 5.92 Å². The van der Waals surface area contributed by atoms with E-state index >= 15 is 0 Å². The van der Waals surface area contributed by atoms with Crippen LogP contribution in [0.5, 0.6) is 11.5 Å². The Morgan fingerprint density at radius 1 is 1.05 bits per heavy atom. The first kappa shape index (κ1) is 28.4. The second kappa shape index (κ2) is 12.2. The maximum Gasteiger partial charge on any atom is 0.310 e. The minimum absolute atomic E-state index is 0.00766. The first-order chi connectivity index (χ1) is 19.7. The zero-order chi connectivity index (χ0) is 29.0. The van der Waals surface area contributed by atoms with E-state index in [2.05, 4.69) is 10.0 Å². The molecule has 0 saturated carbocycles. The maximum atomic E-state index is 13.9. The molecule has 2 heterocycles. The molecule has 0 aliphatic carbocycles. The van der Waals surface area contributed by atoms with Crippen molar-refractivity contribution in [3.05, 3.63) is 77.9 Å². The molecule has 1 fully saturated rings. The largest absolute Gasteiger partial charge is 0.466 e. The third kappa shape index (κ3) is 6.47. The van der Waals surface area contributed by atoms with Gasteiger partial charge in [-0.2, -0.15) is 0 Å². The Morgan fingerprint density at radius 3 is 2.61 bits per heavy atom. The molecule has 0 unspecified atom stereocenters. The molecule has 216 valence electrons. The topological polar surface area (TPSA) is 123 Å². The number of rotatable bonds is 9. The van der Waals surface area contributed by atoms with Gasteiger partial charge in [0.15, 0.2) is 11.5 Å². The summed E-state index contributed by atoms with van der Waals surface area (Å²) >= 11 is 0. The molecule has 11 heteroatoms. The quantitative estimate of drug-likeness (QED) is 0.356. The van der Waals surface area contributed by atoms with E-state index in [1.165, 1.54) is 6.07 Å². The van der Waals surface area contributed by atoms with Gasteiger partial charge in [0.2, 0.25) is 16.8 Å². The summed E-state index contributed by atoms with van der Waals surface area (Å²) in [5.41, 5.74) is 1.91. The summed E-state index contributed by atoms with van der Waals surface area (Å²) in [4.78, 5) is 27.5. The average Bonchev–Trinajstić information content (AvgIpc) is 3.46. The number of anilines is 2. The van der Waals surface area contributed by atoms with Gasteiger partial charge in [-0.1, -0.05) is 30.3 Å². The monoisotopic (exact) mass is 579 g/mol. The van der Waals surface area contributed by atoms with Crippen molar-refractivity contribution < 1.29 is 32.2 Å². The molecule has 1 saturated heterocycles. The molecule has 2 N–H and O–H groups in total. The van der Waals surface area contributed by atoms with Gasteiger partial charge >= 0.3 is 5.97 Å². The highest BCUT2D eigenvalue weighted by atomic mass is 32.2. The normalized spacial score (nSPS) is 17.1. The molecule has 1 amide bonds. The fourth-order valence-electron chi connectivity index (χ4n) is 5.06. The summed E-state index contributed by atoms with van der Waals surface area (Å²) in [6.07, 6.45) is 1.38. The minimum atomic E-state index is -4.06. The van der Waals surface area contributed by atoms with Crippen LogP contribution in [0.4, 0.5) is 11.4 Å². The van der Waals surface area contributed by atoms with Gasteiger partial charge in [0, 0.05) is 30.4 Å². The third-order valence-corrected chi connectivity index (χ3v) is 8.73. The number of sulfonamides is 1. The van der Waals surface area contributed by atoms with E-state index in [1.54, 1.807) is 44.2 Å². The number of hydrogen-bond donors (Lipinski definition) is 2. The second-order valence-electron chi connectivity index (χ2n) is 10.00. The lowest BCUT2D eigenvalue weighted by atomic mass is 9.97. The van der Waals surface area contributed by atoms with E-state index in [-0.39, 0.29) is 30.2 Å². The lowest BCUT2D eigenvalue weighted by Crippen LogP contribution is -2.40. The average molecular weight is 580 g/mol. The highest BCUT2D eigenvalue weighted by molar-refractivity contribution is 7.89. The van der Waals surface area contributed by atoms with Gasteiger partial charge in [-0.05, 0) is 68.7 Å². The van der Waals surface area contributed by atoms with Gasteiger partial charge in [0.25, 0.3) is 5.91 Å². The summed E-state index contributed by atoms with van der Waals surface area (Å²) in [7, 11) is -4.06. The van der Waals surface area contributed by atoms with Gasteiger partial charge in [-0.15, -0.1) is 0 Å². The molecule has 0 radical (unpaired) electrons. The van der Waals surface area contributed by atoms with Crippen molar-refractivity contribution in [1.29, 1.82) is 0 Å². The first-order valence-corrected chi connectivity index (χ1v) is 15.1. The number of nitrogens with one attached hydrogen (secondary N) is 2. The molecule has 41 heavy (non-hydrogen) atoms. The minimum Gasteiger partial charge on any atom is -0.466 e. The van der Waals surface area contributed by atoms with E-state index < -0.39 is 22.0 Å². The van der Waals surface area contributed by atoms with Crippen LogP contribution in [0.25, 0.3) is 0 Å². The van der Waals surface area contributed by atoms with Crippen LogP contribution >= 0.6 is 0 Å². The second-order valence-corrected chi connectivity index (χ2v) is 11.7. The smallest absolute Gasteiger partial charge is 0.310 e. The fourth-order valence-corrected chi connectivity index (χ4v) is 6.55. The van der Waals surface area contributed by atoms with Crippen molar-refractivity contribution in [3.63, 3.8) is 0 Å². The standard InChI is InChI=1S/C30H33N3O7S/c1-3-38-30(35)23-10-7-15-33(18-23)25-13-12-24(31-29(34)22-11-14-26-27(16-22)40-19-39-26)17-28(25)41(36,37)32-20(2)21-8-5-4-6-9-21/h4-6,8-9,11-14,16-17,20,23,32H,3,7,10,15,18-19H2,1-2H3,(H,31,34)/t20-,23-/m1/s1. The summed E-state index contributed by atoms with van der Waals surface area (Å²) in [6.45, 7) is 4.82. The summed E-state index contributed by atoms with van der Waals surface area (Å²) in [6, 6.07) is 18.4. The van der Waals surface area contributed by atoms with E-state index in [1.807, 2.05) is 35.2 Å². The highest BCUT2D eigenvalue weighted by Gasteiger charge is 2.31. The van der Waals surface area contributed by atoms with Crippen LogP contribution in [0.15, 0.2) is 71.6 Å². The Morgan fingerprint density at radius 2 is 1.83 bits per heavy atom. The van der Waals surface area contributed by atoms with E-state index in [9.17, 15) is 18.0 Å². The number of carbonyl (C=O) groups excluding carboxylic acids is 2. The Hall–Kier alpha value is -4.09. The van der Waals surface area contributed by atoms with E-state index in [0.717, 1.165) is 5.56 Å². The Balaban J connectivity index is 1.45. The Bertz CT molecular complexity index is 1530. The molecule has 0 aromatic heterocycles. The van der Waals surface area contributed by atoms with Crippen LogP contribution < -0.4 is 24.4 Å². The zero-order valence-corrected chi connectivity index (χ0v) is 23.8. The predicted octanol–water partition coefficient (Wildman–Crippen LogP) is 4.49. The number of nitrogens with zero attached hydrogens (tertiary/aromatic N) is 1. The van der Waals surface area contributed by atoms with E-state index in [4.69, 9.17) is 14.2 Å². The van der Waals surface area contributed by atoms with Crippen LogP contribution in [0.2, 0.25) is 0 Å². The molecule has 2 aliphatic rings. The van der Waals surface area contributed by atoms with Crippen molar-refractivity contribution in [2.75, 3.05) is 36.7 Å². The zero-order valence-electron chi connectivity index (χ0n) is 23.0. The van der Waals surface area contributed by atoms with Crippen LogP contribution in [0.1, 0.15) is 48.7 Å². The van der Waals surface area contributed by atoms with Gasteiger partial charge in [0.1, 0.15) is 4.90 Å². The SMILES string of the molecule is CCOC(=O)[C@@H]1CCCN(c2ccc(NC(=O)c3ccc4c(c3)OCO4)cc2S(=O)(=O)N[C@H](C)c2ccccc2)C1. The van der Waals surface area contributed by atoms with Gasteiger partial charge in [0.05, 0.1) is 18.2 Å². The molecule has 10 nitrogen and oxygen atoms in total. The first-order valence-electron chi connectivity index (χ1n) is 13.6. The molecule has 5 rings (SSSR count). The van der Waals surface area contributed by atoms with Crippen LogP contribution in [-0.2, 0) is 19.6 Å². The lowest BCUT2D eigenvalue weighted by Gasteiger charge is -2.34. The number of esters is 1. The van der Waals surface area contributed by atoms with Gasteiger partial charge in [-0.3, -0.25) is 9.59 Å². The molecule has 3 aromatic rings. The summed E-state index contributed by atoms with van der Waals surface area (Å²) < 4.78 is 46.4. The summed E-state index contributed by atoms with van der Waals surface area (Å²) in [5, 5.41) is 2.80. The van der Waals surface area contributed by atoms with Crippen LogP contribution in [-0.4, -0.2) is 46.8 Å². The predicted molar refractivity (Wildman–Crippen MR) is 154 cm³/mol. The van der Waals surface area contributed by atoms with Crippen molar-refractivity contribution in [2.45, 2.75) is 37.6 Å². The third-order valence-electron chi connectivity index (χ3n) is 7.16. The van der Waals surface area contributed by atoms with Crippen LogP contribution in [0.3, 0.4) is 0 Å². The molecule has 0 bridgehead atoms. The number of fused-ring (bicyclic) bond motifs is 1. The van der Waals surface area contributed by atoms with Crippen molar-refractivity contribution in [2.24, 2.45) is 5.92 Å². The summed E-state index contributed by atoms with van der Waals surface area (Å²) in [5.74, 6) is -0.0478. The number of hydrogen-bond acceptors (Lipinski definition) is 8. The molecule has 2 atom stereocenters. The van der Waals surface area contributed by atoms with Gasteiger partial charge in [-0.25, -0.2) is 13.1 Å². The number of amides is 1. The van der Waals surface area contributed by atoms with Crippen molar-refractivity contribution in [3.8, 4) is 11.5 Å². The lowest BCUT2D eigenvalue weighted by molar-refractivity contribution is -0.148. The van der Waals surface area contributed by atoms with E-state index in [0.29, 0.717) is 54.4 Å². The Kier molecular flexibility index (Phi) is 8.46. The molecule has 3 aromatic carbocycles. The Labute approximate surface area is 239 Å². The fraction of sp³-hybridized carbons (Fsp3) is 0.333. The molecule has 0 spiro atoms.